The first-order valence-electron chi connectivity index (χ1n) is 9.14. The molecule has 0 bridgehead atoms. The van der Waals surface area contributed by atoms with Gasteiger partial charge in [-0.2, -0.15) is 0 Å². The highest BCUT2D eigenvalue weighted by Crippen LogP contribution is 2.34. The van der Waals surface area contributed by atoms with Gasteiger partial charge in [0.05, 0.1) is 10.6 Å². The second-order valence-corrected chi connectivity index (χ2v) is 9.81. The van der Waals surface area contributed by atoms with Crippen LogP contribution in [0.3, 0.4) is 0 Å². The van der Waals surface area contributed by atoms with E-state index >= 15 is 0 Å². The highest BCUT2D eigenvalue weighted by atomic mass is 32.2. The van der Waals surface area contributed by atoms with Crippen LogP contribution in [0.15, 0.2) is 32.8 Å². The largest absolute Gasteiger partial charge is 0.342 e. The number of hydrogen-bond acceptors (Lipinski definition) is 6. The summed E-state index contributed by atoms with van der Waals surface area (Å²) in [6, 6.07) is 3.99. The standard InChI is InChI=1S/C19H21N3O2S3/c1-12(18(24)22-8-4-2-3-5-9-22)27-19-20-16(23)15-13(11-26-17(15)21-19)14-7-6-10-25-14/h6-7,10-12H,2-5,8-9H2,1H3,(H,20,21,23)/t12-/m0/s1. The first-order valence-corrected chi connectivity index (χ1v) is 11.8. The summed E-state index contributed by atoms with van der Waals surface area (Å²) in [4.78, 5) is 36.7. The van der Waals surface area contributed by atoms with E-state index in [2.05, 4.69) is 9.97 Å². The van der Waals surface area contributed by atoms with Gasteiger partial charge < -0.3 is 9.88 Å². The van der Waals surface area contributed by atoms with E-state index in [1.54, 1.807) is 11.3 Å². The van der Waals surface area contributed by atoms with E-state index < -0.39 is 0 Å². The van der Waals surface area contributed by atoms with Crippen molar-refractivity contribution in [1.29, 1.82) is 0 Å². The number of nitrogens with zero attached hydrogens (tertiary/aromatic N) is 2. The van der Waals surface area contributed by atoms with Crippen LogP contribution in [0.4, 0.5) is 0 Å². The monoisotopic (exact) mass is 419 g/mol. The molecule has 0 radical (unpaired) electrons. The molecule has 5 nitrogen and oxygen atoms in total. The smallest absolute Gasteiger partial charge is 0.260 e. The molecule has 0 saturated carbocycles. The van der Waals surface area contributed by atoms with Gasteiger partial charge in [-0.1, -0.05) is 30.7 Å². The number of carbonyl (C=O) groups is 1. The fourth-order valence-electron chi connectivity index (χ4n) is 3.36. The van der Waals surface area contributed by atoms with Gasteiger partial charge in [0.25, 0.3) is 5.56 Å². The highest BCUT2D eigenvalue weighted by Gasteiger charge is 2.23. The van der Waals surface area contributed by atoms with Crippen LogP contribution in [0.2, 0.25) is 0 Å². The number of fused-ring (bicyclic) bond motifs is 1. The molecule has 0 aromatic carbocycles. The molecule has 1 aliphatic rings. The molecule has 27 heavy (non-hydrogen) atoms. The number of H-pyrrole nitrogens is 1. The van der Waals surface area contributed by atoms with E-state index in [4.69, 9.17) is 0 Å². The third-order valence-electron chi connectivity index (χ3n) is 4.76. The molecule has 1 fully saturated rings. The Hall–Kier alpha value is -1.64. The number of hydrogen-bond donors (Lipinski definition) is 1. The number of aromatic amines is 1. The summed E-state index contributed by atoms with van der Waals surface area (Å²) in [5.74, 6) is 0.134. The Bertz CT molecular complexity index is 985. The van der Waals surface area contributed by atoms with Crippen LogP contribution in [-0.2, 0) is 4.79 Å². The van der Waals surface area contributed by atoms with Crippen molar-refractivity contribution in [3.63, 3.8) is 0 Å². The van der Waals surface area contributed by atoms with Crippen molar-refractivity contribution in [3.8, 4) is 10.4 Å². The summed E-state index contributed by atoms with van der Waals surface area (Å²) in [6.45, 7) is 3.57. The van der Waals surface area contributed by atoms with Crippen LogP contribution in [0, 0.1) is 0 Å². The third kappa shape index (κ3) is 3.97. The molecule has 1 amide bonds. The van der Waals surface area contributed by atoms with Crippen molar-refractivity contribution < 1.29 is 4.79 Å². The van der Waals surface area contributed by atoms with Gasteiger partial charge in [-0.3, -0.25) is 9.59 Å². The first-order chi connectivity index (χ1) is 13.1. The molecule has 4 heterocycles. The number of amides is 1. The Morgan fingerprint density at radius 1 is 1.26 bits per heavy atom. The topological polar surface area (TPSA) is 66.1 Å². The average molecular weight is 420 g/mol. The Morgan fingerprint density at radius 2 is 2.04 bits per heavy atom. The van der Waals surface area contributed by atoms with Gasteiger partial charge >= 0.3 is 0 Å². The number of thioether (sulfide) groups is 1. The molecule has 142 valence electrons. The minimum absolute atomic E-state index is 0.134. The normalized spacial score (nSPS) is 16.4. The van der Waals surface area contributed by atoms with Crippen molar-refractivity contribution in [2.75, 3.05) is 13.1 Å². The summed E-state index contributed by atoms with van der Waals surface area (Å²) >= 11 is 4.42. The van der Waals surface area contributed by atoms with Crippen LogP contribution in [0.25, 0.3) is 20.7 Å². The summed E-state index contributed by atoms with van der Waals surface area (Å²) in [5.41, 5.74) is 0.797. The molecule has 3 aromatic heterocycles. The molecule has 1 aliphatic heterocycles. The SMILES string of the molecule is C[C@H](Sc1nc2scc(-c3cccs3)c2c(=O)[nH]1)C(=O)N1CCCCCC1. The lowest BCUT2D eigenvalue weighted by Crippen LogP contribution is -2.37. The Labute approximate surface area is 169 Å². The average Bonchev–Trinajstić information content (AvgIpc) is 3.24. The molecule has 8 heteroatoms. The van der Waals surface area contributed by atoms with E-state index in [9.17, 15) is 9.59 Å². The summed E-state index contributed by atoms with van der Waals surface area (Å²) in [5, 5.41) is 4.88. The lowest BCUT2D eigenvalue weighted by atomic mass is 10.2. The van der Waals surface area contributed by atoms with Gasteiger partial charge in [-0.05, 0) is 31.2 Å². The quantitative estimate of drug-likeness (QED) is 0.496. The number of nitrogens with one attached hydrogen (secondary N) is 1. The summed E-state index contributed by atoms with van der Waals surface area (Å²) < 4.78 is 0. The maximum atomic E-state index is 12.8. The molecule has 1 atom stereocenters. The van der Waals surface area contributed by atoms with E-state index in [1.807, 2.05) is 34.7 Å². The minimum Gasteiger partial charge on any atom is -0.342 e. The zero-order chi connectivity index (χ0) is 18.8. The summed E-state index contributed by atoms with van der Waals surface area (Å²) in [6.07, 6.45) is 4.54. The molecule has 3 aromatic rings. The molecule has 0 aliphatic carbocycles. The van der Waals surface area contributed by atoms with E-state index in [-0.39, 0.29) is 16.7 Å². The maximum Gasteiger partial charge on any atom is 0.260 e. The summed E-state index contributed by atoms with van der Waals surface area (Å²) in [7, 11) is 0. The zero-order valence-electron chi connectivity index (χ0n) is 15.1. The molecule has 0 spiro atoms. The van der Waals surface area contributed by atoms with Gasteiger partial charge in [0.15, 0.2) is 5.16 Å². The van der Waals surface area contributed by atoms with Gasteiger partial charge in [0.2, 0.25) is 5.91 Å². The van der Waals surface area contributed by atoms with Crippen molar-refractivity contribution in [2.45, 2.75) is 43.0 Å². The van der Waals surface area contributed by atoms with Crippen molar-refractivity contribution in [1.82, 2.24) is 14.9 Å². The second-order valence-electron chi connectivity index (χ2n) is 6.68. The van der Waals surface area contributed by atoms with Gasteiger partial charge in [-0.15, -0.1) is 22.7 Å². The van der Waals surface area contributed by atoms with Crippen LogP contribution >= 0.6 is 34.4 Å². The zero-order valence-corrected chi connectivity index (χ0v) is 17.5. The predicted octanol–water partition coefficient (Wildman–Crippen LogP) is 4.60. The molecule has 0 unspecified atom stereocenters. The molecule has 4 rings (SSSR count). The van der Waals surface area contributed by atoms with Crippen molar-refractivity contribution in [3.05, 3.63) is 33.2 Å². The molecule has 1 saturated heterocycles. The molecular weight excluding hydrogens is 398 g/mol. The lowest BCUT2D eigenvalue weighted by Gasteiger charge is -2.23. The first kappa shape index (κ1) is 18.7. The number of rotatable bonds is 4. The van der Waals surface area contributed by atoms with Crippen LogP contribution < -0.4 is 5.56 Å². The minimum atomic E-state index is -0.263. The maximum absolute atomic E-state index is 12.8. The number of likely N-dealkylation sites (tertiary alicyclic amines) is 1. The van der Waals surface area contributed by atoms with Crippen molar-refractivity contribution in [2.24, 2.45) is 0 Å². The second kappa shape index (κ2) is 8.16. The lowest BCUT2D eigenvalue weighted by molar-refractivity contribution is -0.130. The van der Waals surface area contributed by atoms with Crippen LogP contribution in [-0.4, -0.2) is 39.1 Å². The Balaban J connectivity index is 1.56. The van der Waals surface area contributed by atoms with Gasteiger partial charge in [0.1, 0.15) is 4.83 Å². The number of aromatic nitrogens is 2. The highest BCUT2D eigenvalue weighted by molar-refractivity contribution is 8.00. The molecular formula is C19H21N3O2S3. The fourth-order valence-corrected chi connectivity index (χ4v) is 6.06. The van der Waals surface area contributed by atoms with E-state index in [1.165, 1.54) is 35.9 Å². The van der Waals surface area contributed by atoms with Crippen LogP contribution in [0.5, 0.6) is 0 Å². The fraction of sp³-hybridized carbons (Fsp3) is 0.421. The van der Waals surface area contributed by atoms with E-state index in [0.717, 1.165) is 41.2 Å². The van der Waals surface area contributed by atoms with E-state index in [0.29, 0.717) is 10.5 Å². The Kier molecular flexibility index (Phi) is 5.66. The predicted molar refractivity (Wildman–Crippen MR) is 114 cm³/mol. The van der Waals surface area contributed by atoms with Gasteiger partial charge in [-0.25, -0.2) is 4.98 Å². The van der Waals surface area contributed by atoms with Crippen LogP contribution in [0.1, 0.15) is 32.6 Å². The number of carbonyl (C=O) groups excluding carboxylic acids is 1. The van der Waals surface area contributed by atoms with Crippen molar-refractivity contribution >= 4 is 50.6 Å². The Morgan fingerprint density at radius 3 is 2.74 bits per heavy atom. The third-order valence-corrected chi connectivity index (χ3v) is 7.51. The number of thiophene rings is 2. The molecule has 1 N–H and O–H groups in total. The van der Waals surface area contributed by atoms with Gasteiger partial charge in [0, 0.05) is 28.9 Å².